The van der Waals surface area contributed by atoms with Gasteiger partial charge in [0.15, 0.2) is 5.82 Å². The van der Waals surface area contributed by atoms with E-state index >= 15 is 0 Å². The fourth-order valence-electron chi connectivity index (χ4n) is 4.21. The second-order valence-corrected chi connectivity index (χ2v) is 7.49. The van der Waals surface area contributed by atoms with E-state index < -0.39 is 6.17 Å². The summed E-state index contributed by atoms with van der Waals surface area (Å²) in [6.45, 7) is 0. The molecule has 2 unspecified atom stereocenters. The molecule has 0 spiro atoms. The Balaban J connectivity index is 1.53. The van der Waals surface area contributed by atoms with Gasteiger partial charge in [0.2, 0.25) is 0 Å². The van der Waals surface area contributed by atoms with Crippen LogP contribution in [0.5, 0.6) is 5.75 Å². The number of nitrogens with zero attached hydrogens (tertiary/aromatic N) is 3. The number of amides is 1. The first-order valence-electron chi connectivity index (χ1n) is 9.50. The standard InChI is InChI=1S/C20H24FN5O2/c1-22-20(28)11-3-5-13(17(27)9-11)14-7-8-18(25-24-14)26(2)16-10-12-4-6-15(23-12)19(16)21/h3,5,7-9,12,15-16,19,23,27H,4,6,10H2,1-2H3,(H,22,28)/t12?,15?,16-,19+/m0/s1. The van der Waals surface area contributed by atoms with E-state index in [1.165, 1.54) is 13.1 Å². The molecule has 0 saturated carbocycles. The van der Waals surface area contributed by atoms with Gasteiger partial charge in [0.05, 0.1) is 11.7 Å². The molecule has 4 atom stereocenters. The molecule has 2 fully saturated rings. The van der Waals surface area contributed by atoms with Crippen molar-refractivity contribution in [2.24, 2.45) is 0 Å². The van der Waals surface area contributed by atoms with Crippen molar-refractivity contribution in [1.29, 1.82) is 0 Å². The van der Waals surface area contributed by atoms with E-state index in [0.29, 0.717) is 28.7 Å². The average Bonchev–Trinajstić information content (AvgIpc) is 3.13. The van der Waals surface area contributed by atoms with E-state index in [-0.39, 0.29) is 23.7 Å². The number of benzene rings is 1. The molecule has 2 bridgehead atoms. The monoisotopic (exact) mass is 385 g/mol. The van der Waals surface area contributed by atoms with Gasteiger partial charge in [-0.05, 0) is 49.6 Å². The quantitative estimate of drug-likeness (QED) is 0.745. The zero-order valence-corrected chi connectivity index (χ0v) is 15.9. The Labute approximate surface area is 163 Å². The van der Waals surface area contributed by atoms with Crippen LogP contribution < -0.4 is 15.5 Å². The number of halogens is 1. The van der Waals surface area contributed by atoms with Crippen LogP contribution in [0.4, 0.5) is 10.2 Å². The maximum atomic E-state index is 14.8. The van der Waals surface area contributed by atoms with Gasteiger partial charge in [-0.3, -0.25) is 4.79 Å². The van der Waals surface area contributed by atoms with E-state index in [9.17, 15) is 14.3 Å². The first-order chi connectivity index (χ1) is 13.5. The largest absolute Gasteiger partial charge is 0.507 e. The molecule has 1 aromatic heterocycles. The highest BCUT2D eigenvalue weighted by Crippen LogP contribution is 2.34. The van der Waals surface area contributed by atoms with Crippen LogP contribution in [-0.2, 0) is 0 Å². The molecule has 4 rings (SSSR count). The molecule has 28 heavy (non-hydrogen) atoms. The third kappa shape index (κ3) is 3.28. The molecule has 0 aliphatic carbocycles. The molecule has 1 amide bonds. The number of hydrogen-bond acceptors (Lipinski definition) is 6. The number of carbonyl (C=O) groups excluding carboxylic acids is 1. The van der Waals surface area contributed by atoms with Crippen molar-refractivity contribution in [3.8, 4) is 17.0 Å². The second kappa shape index (κ2) is 7.35. The normalized spacial score (nSPS) is 26.1. The third-order valence-corrected chi connectivity index (χ3v) is 5.83. The minimum atomic E-state index is -0.938. The summed E-state index contributed by atoms with van der Waals surface area (Å²) < 4.78 is 14.8. The predicted octanol–water partition coefficient (Wildman–Crippen LogP) is 1.88. The minimum absolute atomic E-state index is 0.0461. The van der Waals surface area contributed by atoms with Crippen LogP contribution in [0.2, 0.25) is 0 Å². The van der Waals surface area contributed by atoms with Crippen LogP contribution >= 0.6 is 0 Å². The van der Waals surface area contributed by atoms with Crippen LogP contribution in [0, 0.1) is 0 Å². The molecule has 3 N–H and O–H groups in total. The van der Waals surface area contributed by atoms with Crippen molar-refractivity contribution >= 4 is 11.7 Å². The maximum Gasteiger partial charge on any atom is 0.251 e. The number of carbonyl (C=O) groups is 1. The molecule has 1 aromatic carbocycles. The molecule has 0 radical (unpaired) electrons. The van der Waals surface area contributed by atoms with Gasteiger partial charge in [-0.1, -0.05) is 0 Å². The van der Waals surface area contributed by atoms with E-state index in [0.717, 1.165) is 19.3 Å². The summed E-state index contributed by atoms with van der Waals surface area (Å²) in [7, 11) is 3.38. The fourth-order valence-corrected chi connectivity index (χ4v) is 4.21. The van der Waals surface area contributed by atoms with Gasteiger partial charge in [0, 0.05) is 37.3 Å². The lowest BCUT2D eigenvalue weighted by atomic mass is 9.96. The molecular formula is C20H24FN5O2. The molecule has 7 nitrogen and oxygen atoms in total. The van der Waals surface area contributed by atoms with Crippen molar-refractivity contribution in [2.45, 2.75) is 43.6 Å². The topological polar surface area (TPSA) is 90.4 Å². The summed E-state index contributed by atoms with van der Waals surface area (Å²) in [5, 5.41) is 24.6. The zero-order chi connectivity index (χ0) is 19.8. The summed E-state index contributed by atoms with van der Waals surface area (Å²) in [6.07, 6.45) is 1.71. The van der Waals surface area contributed by atoms with Gasteiger partial charge in [-0.2, -0.15) is 0 Å². The van der Waals surface area contributed by atoms with Gasteiger partial charge in [-0.25, -0.2) is 4.39 Å². The van der Waals surface area contributed by atoms with Crippen molar-refractivity contribution < 1.29 is 14.3 Å². The molecule has 3 heterocycles. The van der Waals surface area contributed by atoms with Gasteiger partial charge in [0.1, 0.15) is 11.9 Å². The molecule has 2 aliphatic rings. The minimum Gasteiger partial charge on any atom is -0.507 e. The Morgan fingerprint density at radius 3 is 2.79 bits per heavy atom. The van der Waals surface area contributed by atoms with Crippen molar-refractivity contribution in [2.75, 3.05) is 19.0 Å². The van der Waals surface area contributed by atoms with E-state index in [1.807, 2.05) is 11.9 Å². The summed E-state index contributed by atoms with van der Waals surface area (Å²) >= 11 is 0. The summed E-state index contributed by atoms with van der Waals surface area (Å²) in [5.41, 5.74) is 1.33. The first kappa shape index (κ1) is 18.6. The van der Waals surface area contributed by atoms with Crippen LogP contribution in [0.1, 0.15) is 29.6 Å². The summed E-state index contributed by atoms with van der Waals surface area (Å²) in [6, 6.07) is 8.25. The Morgan fingerprint density at radius 1 is 1.29 bits per heavy atom. The number of nitrogens with one attached hydrogen (secondary N) is 2. The maximum absolute atomic E-state index is 14.8. The van der Waals surface area contributed by atoms with E-state index in [2.05, 4.69) is 20.8 Å². The van der Waals surface area contributed by atoms with Crippen LogP contribution in [0.25, 0.3) is 11.3 Å². The number of phenols is 1. The number of rotatable bonds is 4. The molecule has 2 aliphatic heterocycles. The smallest absolute Gasteiger partial charge is 0.251 e. The highest BCUT2D eigenvalue weighted by molar-refractivity contribution is 5.95. The lowest BCUT2D eigenvalue weighted by Gasteiger charge is -2.38. The van der Waals surface area contributed by atoms with Gasteiger partial charge in [-0.15, -0.1) is 10.2 Å². The SMILES string of the molecule is CNC(=O)c1ccc(-c2ccc(N(C)[C@H]3CC4CCC(N4)[C@H]3F)nn2)c(O)c1. The zero-order valence-electron chi connectivity index (χ0n) is 15.9. The van der Waals surface area contributed by atoms with Gasteiger partial charge >= 0.3 is 0 Å². The van der Waals surface area contributed by atoms with E-state index in [4.69, 9.17) is 0 Å². The van der Waals surface area contributed by atoms with Crippen LogP contribution in [0.3, 0.4) is 0 Å². The van der Waals surface area contributed by atoms with Crippen molar-refractivity contribution in [3.63, 3.8) is 0 Å². The highest BCUT2D eigenvalue weighted by Gasteiger charge is 2.43. The Hall–Kier alpha value is -2.74. The second-order valence-electron chi connectivity index (χ2n) is 7.49. The number of anilines is 1. The number of alkyl halides is 1. The molecule has 8 heteroatoms. The third-order valence-electron chi connectivity index (χ3n) is 5.83. The van der Waals surface area contributed by atoms with E-state index in [1.54, 1.807) is 24.3 Å². The Morgan fingerprint density at radius 2 is 2.11 bits per heavy atom. The average molecular weight is 385 g/mol. The van der Waals surface area contributed by atoms with Crippen LogP contribution in [-0.4, -0.2) is 59.6 Å². The van der Waals surface area contributed by atoms with Crippen LogP contribution in [0.15, 0.2) is 30.3 Å². The number of fused-ring (bicyclic) bond motifs is 2. The number of aromatic hydroxyl groups is 1. The molecule has 148 valence electrons. The lowest BCUT2D eigenvalue weighted by Crippen LogP contribution is -2.55. The fraction of sp³-hybridized carbons (Fsp3) is 0.450. The first-order valence-corrected chi connectivity index (χ1v) is 9.50. The number of piperidine rings is 1. The molecule has 2 saturated heterocycles. The molecular weight excluding hydrogens is 361 g/mol. The van der Waals surface area contributed by atoms with Crippen molar-refractivity contribution in [3.05, 3.63) is 35.9 Å². The predicted molar refractivity (Wildman–Crippen MR) is 104 cm³/mol. The lowest BCUT2D eigenvalue weighted by molar-refractivity contribution is 0.0962. The number of aromatic nitrogens is 2. The summed E-state index contributed by atoms with van der Waals surface area (Å²) in [5.74, 6) is 0.274. The molecule has 2 aromatic rings. The van der Waals surface area contributed by atoms with Gasteiger partial charge < -0.3 is 20.6 Å². The number of hydrogen-bond donors (Lipinski definition) is 3. The Kier molecular flexibility index (Phi) is 4.89. The number of phenolic OH excluding ortho intramolecular Hbond substituents is 1. The van der Waals surface area contributed by atoms with Gasteiger partial charge in [0.25, 0.3) is 5.91 Å². The highest BCUT2D eigenvalue weighted by atomic mass is 19.1. The van der Waals surface area contributed by atoms with Crippen molar-refractivity contribution in [1.82, 2.24) is 20.8 Å². The summed E-state index contributed by atoms with van der Waals surface area (Å²) in [4.78, 5) is 13.5. The Bertz CT molecular complexity index is 875.